The second kappa shape index (κ2) is 6.36. The molecule has 1 saturated heterocycles. The van der Waals surface area contributed by atoms with Gasteiger partial charge in [-0.2, -0.15) is 0 Å². The molecule has 100 valence electrons. The van der Waals surface area contributed by atoms with Gasteiger partial charge < -0.3 is 9.64 Å². The zero-order valence-electron chi connectivity index (χ0n) is 11.7. The highest BCUT2D eigenvalue weighted by molar-refractivity contribution is 5.84. The van der Waals surface area contributed by atoms with Crippen LogP contribution in [0.3, 0.4) is 0 Å². The fourth-order valence-corrected chi connectivity index (χ4v) is 2.52. The standard InChI is InChI=1S/C13H26N2O2/c1-6-7-11(8-17-5)15-12(9(2)3)14-10(4)13(15)16/h9-12,14H,6-8H2,1-5H3. The Balaban J connectivity index is 2.84. The van der Waals surface area contributed by atoms with Crippen molar-refractivity contribution in [2.24, 2.45) is 5.92 Å². The molecule has 1 aliphatic rings. The van der Waals surface area contributed by atoms with E-state index in [1.807, 2.05) is 11.8 Å². The van der Waals surface area contributed by atoms with Gasteiger partial charge in [-0.05, 0) is 19.3 Å². The Labute approximate surface area is 105 Å². The fourth-order valence-electron chi connectivity index (χ4n) is 2.52. The van der Waals surface area contributed by atoms with Crippen molar-refractivity contribution < 1.29 is 9.53 Å². The van der Waals surface area contributed by atoms with Crippen LogP contribution in [0.25, 0.3) is 0 Å². The van der Waals surface area contributed by atoms with Crippen LogP contribution in [0.2, 0.25) is 0 Å². The molecule has 1 amide bonds. The molecule has 0 aromatic rings. The van der Waals surface area contributed by atoms with Crippen LogP contribution in [0.4, 0.5) is 0 Å². The second-order valence-corrected chi connectivity index (χ2v) is 5.22. The predicted molar refractivity (Wildman–Crippen MR) is 68.6 cm³/mol. The Morgan fingerprint density at radius 2 is 2.12 bits per heavy atom. The lowest BCUT2D eigenvalue weighted by Gasteiger charge is -2.34. The molecule has 4 heteroatoms. The van der Waals surface area contributed by atoms with E-state index in [1.165, 1.54) is 0 Å². The number of nitrogens with one attached hydrogen (secondary N) is 1. The molecule has 1 heterocycles. The average molecular weight is 242 g/mol. The maximum absolute atomic E-state index is 12.2. The summed E-state index contributed by atoms with van der Waals surface area (Å²) in [6.07, 6.45) is 2.21. The molecule has 3 atom stereocenters. The summed E-state index contributed by atoms with van der Waals surface area (Å²) in [7, 11) is 1.70. The number of rotatable bonds is 6. The van der Waals surface area contributed by atoms with Crippen molar-refractivity contribution in [1.29, 1.82) is 0 Å². The Morgan fingerprint density at radius 1 is 1.47 bits per heavy atom. The molecule has 0 aliphatic carbocycles. The van der Waals surface area contributed by atoms with Gasteiger partial charge in [0, 0.05) is 7.11 Å². The lowest BCUT2D eigenvalue weighted by atomic mass is 10.1. The van der Waals surface area contributed by atoms with Crippen LogP contribution >= 0.6 is 0 Å². The van der Waals surface area contributed by atoms with Crippen LogP contribution in [0.5, 0.6) is 0 Å². The van der Waals surface area contributed by atoms with Gasteiger partial charge in [-0.25, -0.2) is 0 Å². The van der Waals surface area contributed by atoms with Crippen LogP contribution in [-0.4, -0.2) is 42.8 Å². The molecule has 0 saturated carbocycles. The molecule has 0 aromatic heterocycles. The van der Waals surface area contributed by atoms with Crippen molar-refractivity contribution in [2.75, 3.05) is 13.7 Å². The molecule has 1 rings (SSSR count). The minimum Gasteiger partial charge on any atom is -0.383 e. The third-order valence-electron chi connectivity index (χ3n) is 3.35. The van der Waals surface area contributed by atoms with Crippen LogP contribution in [0.1, 0.15) is 40.5 Å². The highest BCUT2D eigenvalue weighted by atomic mass is 16.5. The molecule has 3 unspecified atom stereocenters. The van der Waals surface area contributed by atoms with Crippen LogP contribution < -0.4 is 5.32 Å². The number of hydrogen-bond donors (Lipinski definition) is 1. The van der Waals surface area contributed by atoms with Crippen molar-refractivity contribution >= 4 is 5.91 Å². The van der Waals surface area contributed by atoms with Crippen molar-refractivity contribution in [3.63, 3.8) is 0 Å². The Hall–Kier alpha value is -0.610. The number of hydrogen-bond acceptors (Lipinski definition) is 3. The number of amides is 1. The summed E-state index contributed by atoms with van der Waals surface area (Å²) < 4.78 is 5.26. The third kappa shape index (κ3) is 3.19. The van der Waals surface area contributed by atoms with E-state index in [-0.39, 0.29) is 24.2 Å². The minimum atomic E-state index is -0.0707. The fraction of sp³-hybridized carbons (Fsp3) is 0.923. The zero-order chi connectivity index (χ0) is 13.0. The SMILES string of the molecule is CCCC(COC)N1C(=O)C(C)NC1C(C)C. The Kier molecular flexibility index (Phi) is 5.40. The molecule has 1 fully saturated rings. The van der Waals surface area contributed by atoms with Gasteiger partial charge in [0.15, 0.2) is 0 Å². The summed E-state index contributed by atoms with van der Waals surface area (Å²) in [5.41, 5.74) is 0. The van der Waals surface area contributed by atoms with Crippen molar-refractivity contribution in [3.05, 3.63) is 0 Å². The zero-order valence-corrected chi connectivity index (χ0v) is 11.7. The summed E-state index contributed by atoms with van der Waals surface area (Å²) >= 11 is 0. The van der Waals surface area contributed by atoms with Gasteiger partial charge in [0.2, 0.25) is 5.91 Å². The van der Waals surface area contributed by atoms with Gasteiger partial charge in [0.1, 0.15) is 0 Å². The summed E-state index contributed by atoms with van der Waals surface area (Å²) in [5.74, 6) is 0.624. The number of ether oxygens (including phenoxy) is 1. The molecule has 0 radical (unpaired) electrons. The Bertz CT molecular complexity index is 250. The monoisotopic (exact) mass is 242 g/mol. The smallest absolute Gasteiger partial charge is 0.241 e. The van der Waals surface area contributed by atoms with E-state index in [9.17, 15) is 4.79 Å². The molecule has 4 nitrogen and oxygen atoms in total. The molecular weight excluding hydrogens is 216 g/mol. The maximum atomic E-state index is 12.2. The highest BCUT2D eigenvalue weighted by Crippen LogP contribution is 2.22. The summed E-state index contributed by atoms with van der Waals surface area (Å²) in [6, 6.07) is 0.126. The van der Waals surface area contributed by atoms with E-state index in [0.29, 0.717) is 12.5 Å². The van der Waals surface area contributed by atoms with Crippen molar-refractivity contribution in [1.82, 2.24) is 10.2 Å². The number of carbonyl (C=O) groups is 1. The highest BCUT2D eigenvalue weighted by Gasteiger charge is 2.41. The lowest BCUT2D eigenvalue weighted by molar-refractivity contribution is -0.134. The number of methoxy groups -OCH3 is 1. The summed E-state index contributed by atoms with van der Waals surface area (Å²) in [5, 5.41) is 3.37. The first-order valence-electron chi connectivity index (χ1n) is 6.60. The molecule has 17 heavy (non-hydrogen) atoms. The van der Waals surface area contributed by atoms with Gasteiger partial charge >= 0.3 is 0 Å². The van der Waals surface area contributed by atoms with E-state index in [0.717, 1.165) is 12.8 Å². The first kappa shape index (κ1) is 14.5. The Morgan fingerprint density at radius 3 is 2.59 bits per heavy atom. The van der Waals surface area contributed by atoms with Crippen molar-refractivity contribution in [2.45, 2.75) is 58.8 Å². The van der Waals surface area contributed by atoms with Gasteiger partial charge in [-0.3, -0.25) is 10.1 Å². The van der Waals surface area contributed by atoms with E-state index in [1.54, 1.807) is 7.11 Å². The molecule has 0 bridgehead atoms. The lowest BCUT2D eigenvalue weighted by Crippen LogP contribution is -2.49. The third-order valence-corrected chi connectivity index (χ3v) is 3.35. The number of carbonyl (C=O) groups excluding carboxylic acids is 1. The molecular formula is C13H26N2O2. The largest absolute Gasteiger partial charge is 0.383 e. The topological polar surface area (TPSA) is 41.6 Å². The van der Waals surface area contributed by atoms with Gasteiger partial charge in [-0.1, -0.05) is 27.2 Å². The van der Waals surface area contributed by atoms with E-state index in [4.69, 9.17) is 4.74 Å². The first-order valence-corrected chi connectivity index (χ1v) is 6.60. The van der Waals surface area contributed by atoms with E-state index < -0.39 is 0 Å². The van der Waals surface area contributed by atoms with E-state index in [2.05, 4.69) is 26.1 Å². The average Bonchev–Trinajstić information content (AvgIpc) is 2.56. The maximum Gasteiger partial charge on any atom is 0.241 e. The van der Waals surface area contributed by atoms with Crippen LogP contribution in [-0.2, 0) is 9.53 Å². The van der Waals surface area contributed by atoms with E-state index >= 15 is 0 Å². The predicted octanol–water partition coefficient (Wildman–Crippen LogP) is 1.60. The summed E-state index contributed by atoms with van der Waals surface area (Å²) in [6.45, 7) is 8.99. The first-order chi connectivity index (χ1) is 8.02. The second-order valence-electron chi connectivity index (χ2n) is 5.22. The number of nitrogens with zero attached hydrogens (tertiary/aromatic N) is 1. The van der Waals surface area contributed by atoms with Gasteiger partial charge in [0.05, 0.1) is 24.9 Å². The molecule has 0 spiro atoms. The summed E-state index contributed by atoms with van der Waals surface area (Å²) in [4.78, 5) is 14.2. The molecule has 0 aromatic carbocycles. The van der Waals surface area contributed by atoms with Crippen LogP contribution in [0.15, 0.2) is 0 Å². The van der Waals surface area contributed by atoms with Crippen molar-refractivity contribution in [3.8, 4) is 0 Å². The minimum absolute atomic E-state index is 0.0707. The molecule has 1 aliphatic heterocycles. The van der Waals surface area contributed by atoms with Crippen LogP contribution in [0, 0.1) is 5.92 Å². The normalized spacial score (nSPS) is 26.9. The van der Waals surface area contributed by atoms with Gasteiger partial charge in [-0.15, -0.1) is 0 Å². The molecule has 1 N–H and O–H groups in total. The quantitative estimate of drug-likeness (QED) is 0.769. The van der Waals surface area contributed by atoms with Gasteiger partial charge in [0.25, 0.3) is 0 Å².